The predicted octanol–water partition coefficient (Wildman–Crippen LogP) is 12.4. The molecule has 0 aliphatic heterocycles. The largest absolute Gasteiger partial charge is 0.516 e. The van der Waals surface area contributed by atoms with Crippen molar-refractivity contribution in [2.75, 3.05) is 13.2 Å². The van der Waals surface area contributed by atoms with Crippen LogP contribution in [-0.2, 0) is 21.8 Å². The summed E-state index contributed by atoms with van der Waals surface area (Å²) in [5.41, 5.74) is 7.71. The van der Waals surface area contributed by atoms with E-state index in [0.29, 0.717) is 16.9 Å². The van der Waals surface area contributed by atoms with Crippen molar-refractivity contribution in [1.29, 1.82) is 0 Å². The van der Waals surface area contributed by atoms with E-state index >= 15 is 0 Å². The van der Waals surface area contributed by atoms with Gasteiger partial charge in [0.25, 0.3) is 0 Å². The van der Waals surface area contributed by atoms with Crippen molar-refractivity contribution in [3.63, 3.8) is 0 Å². The second-order valence-electron chi connectivity index (χ2n) is 12.1. The van der Waals surface area contributed by atoms with E-state index in [1.807, 2.05) is 166 Å². The minimum atomic E-state index is -0.543. The molecule has 3 nitrogen and oxygen atoms in total. The van der Waals surface area contributed by atoms with Gasteiger partial charge in [0.2, 0.25) is 0 Å². The number of para-hydroxylation sites is 2. The Hall–Kier alpha value is -4.27. The average Bonchev–Trinajstić information content (AvgIpc) is 3.14. The number of rotatable bonds is 6. The quantitative estimate of drug-likeness (QED) is 0.164. The van der Waals surface area contributed by atoms with E-state index in [4.69, 9.17) is 14.2 Å². The number of ether oxygens (including phenoxy) is 1. The van der Waals surface area contributed by atoms with Crippen LogP contribution in [0.3, 0.4) is 0 Å². The third-order valence-corrected chi connectivity index (χ3v) is 10.7. The summed E-state index contributed by atoms with van der Waals surface area (Å²) in [5.74, 6) is 0.635. The molecule has 0 fully saturated rings. The molecule has 259 valence electrons. The van der Waals surface area contributed by atoms with E-state index in [0.717, 1.165) is 57.7 Å². The van der Waals surface area contributed by atoms with Gasteiger partial charge in [-0.3, -0.25) is 0 Å². The summed E-state index contributed by atoms with van der Waals surface area (Å²) < 4.78 is 7.08. The molecule has 6 aromatic rings. The summed E-state index contributed by atoms with van der Waals surface area (Å²) in [4.78, 5) is 0. The van der Waals surface area contributed by atoms with Gasteiger partial charge in [-0.15, -0.1) is 35.9 Å². The molecule has 6 aromatic carbocycles. The number of phenolic OH excluding ortho intramolecular Hbond substituents is 2. The van der Waals surface area contributed by atoms with Gasteiger partial charge in [0.1, 0.15) is 5.75 Å². The first kappa shape index (κ1) is 40.2. The standard InChI is InChI=1S/C18H14O.C18H13O.C5H10.C4H10O.ClH.W/c2*19-18-16(14-8-3-1-4-9-14)12-7-13-17(18)15-10-5-2-6-11-15;1-5(2,3)4;1-3-5-4-2;;/h1-13,19H;1-10,12-13,19H;1H,2-4H3;3-4H2,1-2H3;1H;/q;-1;;;;+1/p-1. The molecule has 0 aliphatic carbocycles. The van der Waals surface area contributed by atoms with Gasteiger partial charge in [-0.2, -0.15) is 0 Å². The van der Waals surface area contributed by atoms with Crippen molar-refractivity contribution >= 4 is 13.8 Å². The van der Waals surface area contributed by atoms with Crippen LogP contribution < -0.4 is 0 Å². The summed E-state index contributed by atoms with van der Waals surface area (Å²) in [6.45, 7) is 12.2. The van der Waals surface area contributed by atoms with Crippen LogP contribution in [0, 0.1) is 11.5 Å². The maximum Gasteiger partial charge on any atom is 0.131 e. The van der Waals surface area contributed by atoms with Crippen LogP contribution in [-0.4, -0.2) is 27.8 Å². The molecule has 50 heavy (non-hydrogen) atoms. The molecule has 0 aromatic heterocycles. The van der Waals surface area contributed by atoms with Crippen molar-refractivity contribution in [1.82, 2.24) is 0 Å². The maximum atomic E-state index is 10.5. The smallest absolute Gasteiger partial charge is 0.131 e. The number of benzene rings is 6. The molecule has 0 saturated carbocycles. The van der Waals surface area contributed by atoms with Gasteiger partial charge >= 0.3 is 57.1 Å². The zero-order chi connectivity index (χ0) is 36.2. The zero-order valence-electron chi connectivity index (χ0n) is 29.5. The van der Waals surface area contributed by atoms with Crippen LogP contribution in [0.4, 0.5) is 0 Å². The Morgan fingerprint density at radius 3 is 1.24 bits per heavy atom. The SMILES string of the molecule is CC(C)(C)[CH]=[W][Cl].CCOCC.Oc1c(-c2[c-]cccc2)cccc1-c1ccccc1.Oc1c(-c2ccccc2)cccc1-c1ccccc1. The van der Waals surface area contributed by atoms with Crippen molar-refractivity contribution in [3.8, 4) is 56.0 Å². The molecule has 0 unspecified atom stereocenters. The molecule has 0 saturated heterocycles. The molecule has 6 rings (SSSR count). The summed E-state index contributed by atoms with van der Waals surface area (Å²) in [6.07, 6.45) is 0. The van der Waals surface area contributed by atoms with Crippen LogP contribution in [0.25, 0.3) is 44.5 Å². The Labute approximate surface area is 311 Å². The second-order valence-corrected chi connectivity index (χ2v) is 15.1. The number of hydrogen-bond acceptors (Lipinski definition) is 3. The molecule has 5 heteroatoms. The summed E-state index contributed by atoms with van der Waals surface area (Å²) in [7, 11) is 5.60. The maximum absolute atomic E-state index is 10.5. The van der Waals surface area contributed by atoms with E-state index in [2.05, 4.69) is 31.2 Å². The van der Waals surface area contributed by atoms with Gasteiger partial charge in [-0.05, 0) is 30.5 Å². The Kier molecular flexibility index (Phi) is 17.5. The molecule has 2 N–H and O–H groups in total. The fourth-order valence-corrected chi connectivity index (χ4v) is 7.90. The van der Waals surface area contributed by atoms with Crippen LogP contribution in [0.2, 0.25) is 0 Å². The molecule has 0 atom stereocenters. The van der Waals surface area contributed by atoms with E-state index in [1.165, 1.54) is 0 Å². The van der Waals surface area contributed by atoms with Gasteiger partial charge in [0.05, 0.1) is 5.75 Å². The predicted molar refractivity (Wildman–Crippen MR) is 210 cm³/mol. The summed E-state index contributed by atoms with van der Waals surface area (Å²) in [6, 6.07) is 52.2. The first-order valence-corrected chi connectivity index (χ1v) is 22.0. The van der Waals surface area contributed by atoms with Crippen molar-refractivity contribution in [3.05, 3.63) is 158 Å². The van der Waals surface area contributed by atoms with Gasteiger partial charge in [-0.1, -0.05) is 133 Å². The Balaban J connectivity index is 0.000000206. The fraction of sp³-hybridized carbons (Fsp3) is 0.178. The van der Waals surface area contributed by atoms with Gasteiger partial charge in [0, 0.05) is 29.9 Å². The van der Waals surface area contributed by atoms with E-state index in [-0.39, 0.29) is 0 Å². The first-order valence-electron chi connectivity index (χ1n) is 16.7. The van der Waals surface area contributed by atoms with Crippen molar-refractivity contribution in [2.45, 2.75) is 34.6 Å². The Morgan fingerprint density at radius 1 is 0.560 bits per heavy atom. The molecular formula is C45H47ClO3W-. The molecule has 0 amide bonds. The van der Waals surface area contributed by atoms with Crippen LogP contribution in [0.1, 0.15) is 34.6 Å². The van der Waals surface area contributed by atoms with Crippen LogP contribution in [0.15, 0.2) is 152 Å². The third kappa shape index (κ3) is 13.2. The monoisotopic (exact) mass is 854 g/mol. The molecule has 0 radical (unpaired) electrons. The molecule has 0 spiro atoms. The van der Waals surface area contributed by atoms with E-state index in [9.17, 15) is 10.2 Å². The van der Waals surface area contributed by atoms with Gasteiger partial charge in [0.15, 0.2) is 0 Å². The van der Waals surface area contributed by atoms with Crippen LogP contribution in [0.5, 0.6) is 11.5 Å². The minimum absolute atomic E-state index is 0.302. The molecule has 0 bridgehead atoms. The zero-order valence-corrected chi connectivity index (χ0v) is 33.2. The second kappa shape index (κ2) is 21.7. The normalized spacial score (nSPS) is 10.5. The molecule has 0 heterocycles. The summed E-state index contributed by atoms with van der Waals surface area (Å²) in [5, 5.41) is 21.0. The van der Waals surface area contributed by atoms with E-state index in [1.54, 1.807) is 0 Å². The number of halogens is 1. The minimum Gasteiger partial charge on any atom is -0.516 e. The van der Waals surface area contributed by atoms with Crippen LogP contribution >= 0.6 is 9.42 Å². The fourth-order valence-electron chi connectivity index (χ4n) is 4.75. The first-order chi connectivity index (χ1) is 24.2. The number of aromatic hydroxyl groups is 2. The van der Waals surface area contributed by atoms with Gasteiger partial charge in [-0.25, -0.2) is 0 Å². The Morgan fingerprint density at radius 2 is 0.940 bits per heavy atom. The van der Waals surface area contributed by atoms with E-state index < -0.39 is 17.1 Å². The number of phenols is 2. The van der Waals surface area contributed by atoms with Crippen molar-refractivity contribution < 1.29 is 32.0 Å². The third-order valence-electron chi connectivity index (χ3n) is 7.13. The van der Waals surface area contributed by atoms with Gasteiger partial charge < -0.3 is 14.9 Å². The average molecular weight is 855 g/mol. The number of hydrogen-bond donors (Lipinski definition) is 2. The Bertz CT molecular complexity index is 1600. The summed E-state index contributed by atoms with van der Waals surface area (Å²) >= 11 is -0.543. The molecule has 0 aliphatic rings. The molecular weight excluding hydrogens is 808 g/mol. The van der Waals surface area contributed by atoms with Crippen molar-refractivity contribution in [2.24, 2.45) is 5.41 Å². The topological polar surface area (TPSA) is 49.7 Å².